The molecular formula is C58H39N5. The number of hydrogen-bond acceptors (Lipinski definition) is 3. The highest BCUT2D eigenvalue weighted by molar-refractivity contribution is 6.17. The molecule has 5 nitrogen and oxygen atoms in total. The summed E-state index contributed by atoms with van der Waals surface area (Å²) in [7, 11) is 0. The summed E-state index contributed by atoms with van der Waals surface area (Å²) in [5.41, 5.74) is 16.4. The van der Waals surface area contributed by atoms with Crippen LogP contribution in [0, 0.1) is 0 Å². The molecule has 8 aromatic carbocycles. The van der Waals surface area contributed by atoms with Crippen LogP contribution in [0.1, 0.15) is 25.1 Å². The van der Waals surface area contributed by atoms with Gasteiger partial charge in [0.15, 0.2) is 0 Å². The van der Waals surface area contributed by atoms with Crippen molar-refractivity contribution in [3.05, 3.63) is 212 Å². The number of fused-ring (bicyclic) bond motifs is 10. The molecule has 0 radical (unpaired) electrons. The molecule has 0 amide bonds. The number of nitrogens with zero attached hydrogens (tertiary/aromatic N) is 5. The van der Waals surface area contributed by atoms with Crippen LogP contribution in [0.2, 0.25) is 0 Å². The van der Waals surface area contributed by atoms with Gasteiger partial charge in [0, 0.05) is 55.5 Å². The van der Waals surface area contributed by atoms with E-state index in [9.17, 15) is 0 Å². The lowest BCUT2D eigenvalue weighted by Gasteiger charge is -2.21. The molecule has 296 valence electrons. The van der Waals surface area contributed by atoms with Crippen LogP contribution in [0.3, 0.4) is 0 Å². The summed E-state index contributed by atoms with van der Waals surface area (Å²) in [6.45, 7) is 4.57. The first-order chi connectivity index (χ1) is 31.0. The van der Waals surface area contributed by atoms with E-state index in [-0.39, 0.29) is 0 Å². The van der Waals surface area contributed by atoms with Crippen molar-refractivity contribution >= 4 is 54.4 Å². The van der Waals surface area contributed by atoms with E-state index in [0.29, 0.717) is 0 Å². The molecule has 0 bridgehead atoms. The monoisotopic (exact) mass is 805 g/mol. The van der Waals surface area contributed by atoms with Gasteiger partial charge in [-0.1, -0.05) is 147 Å². The van der Waals surface area contributed by atoms with E-state index >= 15 is 0 Å². The van der Waals surface area contributed by atoms with Gasteiger partial charge in [-0.15, -0.1) is 0 Å². The maximum absolute atomic E-state index is 5.83. The van der Waals surface area contributed by atoms with Crippen LogP contribution in [-0.4, -0.2) is 24.1 Å². The fourth-order valence-electron chi connectivity index (χ4n) is 10.4. The third kappa shape index (κ3) is 5.26. The van der Waals surface area contributed by atoms with Gasteiger partial charge in [0.25, 0.3) is 0 Å². The zero-order valence-electron chi connectivity index (χ0n) is 34.8. The molecule has 5 heteroatoms. The summed E-state index contributed by atoms with van der Waals surface area (Å²) in [6.07, 6.45) is 3.94. The third-order valence-electron chi connectivity index (χ3n) is 13.3. The molecule has 0 saturated heterocycles. The number of benzene rings is 8. The topological polar surface area (TPSA) is 48.5 Å². The van der Waals surface area contributed by atoms with Gasteiger partial charge in [-0.3, -0.25) is 4.98 Å². The van der Waals surface area contributed by atoms with Crippen LogP contribution < -0.4 is 0 Å². The molecule has 4 aromatic heterocycles. The van der Waals surface area contributed by atoms with Gasteiger partial charge < -0.3 is 9.13 Å². The molecule has 13 rings (SSSR count). The Labute approximate surface area is 364 Å². The lowest BCUT2D eigenvalue weighted by molar-refractivity contribution is 0.636. The predicted octanol–water partition coefficient (Wildman–Crippen LogP) is 14.5. The fraction of sp³-hybridized carbons (Fsp3) is 0.0517. The van der Waals surface area contributed by atoms with Crippen molar-refractivity contribution in [1.29, 1.82) is 0 Å². The van der Waals surface area contributed by atoms with Gasteiger partial charge in [0.1, 0.15) is 0 Å². The number of pyridine rings is 1. The van der Waals surface area contributed by atoms with Crippen molar-refractivity contribution in [2.75, 3.05) is 0 Å². The van der Waals surface area contributed by atoms with E-state index in [2.05, 4.69) is 211 Å². The largest absolute Gasteiger partial charge is 0.309 e. The average Bonchev–Trinajstić information content (AvgIpc) is 3.93. The van der Waals surface area contributed by atoms with Crippen molar-refractivity contribution in [1.82, 2.24) is 24.1 Å². The average molecular weight is 806 g/mol. The van der Waals surface area contributed by atoms with Crippen molar-refractivity contribution < 1.29 is 0 Å². The van der Waals surface area contributed by atoms with Crippen LogP contribution in [0.15, 0.2) is 200 Å². The SMILES string of the molecule is CC1(C)c2ccc(-c3ccccc3)cc2-c2nc(-c3cncc(-n4c5ccccc5c5cc6ccccc6cc54)c3)c(-c3cccc4c3c3ccccc3n4-c3ccccc3)nc21. The van der Waals surface area contributed by atoms with Crippen LogP contribution in [0.4, 0.5) is 0 Å². The Kier molecular flexibility index (Phi) is 7.58. The normalized spacial score (nSPS) is 13.0. The first-order valence-corrected chi connectivity index (χ1v) is 21.6. The molecule has 4 heterocycles. The van der Waals surface area contributed by atoms with Crippen LogP contribution in [0.25, 0.3) is 111 Å². The summed E-state index contributed by atoms with van der Waals surface area (Å²) in [6, 6.07) is 67.5. The van der Waals surface area contributed by atoms with E-state index < -0.39 is 5.41 Å². The second-order valence-electron chi connectivity index (χ2n) is 17.3. The molecular weight excluding hydrogens is 767 g/mol. The van der Waals surface area contributed by atoms with Crippen LogP contribution >= 0.6 is 0 Å². The highest BCUT2D eigenvalue weighted by Gasteiger charge is 2.40. The maximum Gasteiger partial charge on any atom is 0.0989 e. The first-order valence-electron chi connectivity index (χ1n) is 21.6. The highest BCUT2D eigenvalue weighted by Crippen LogP contribution is 2.51. The van der Waals surface area contributed by atoms with Crippen molar-refractivity contribution in [2.45, 2.75) is 19.3 Å². The van der Waals surface area contributed by atoms with E-state index in [1.165, 1.54) is 38.1 Å². The Morgan fingerprint density at radius 2 is 1.06 bits per heavy atom. The van der Waals surface area contributed by atoms with Crippen molar-refractivity contribution in [2.24, 2.45) is 0 Å². The van der Waals surface area contributed by atoms with E-state index in [0.717, 1.165) is 83.9 Å². The van der Waals surface area contributed by atoms with Gasteiger partial charge in [-0.25, -0.2) is 9.97 Å². The summed E-state index contributed by atoms with van der Waals surface area (Å²) >= 11 is 0. The second kappa shape index (κ2) is 13.4. The minimum Gasteiger partial charge on any atom is -0.309 e. The molecule has 12 aromatic rings. The van der Waals surface area contributed by atoms with Crippen LogP contribution in [-0.2, 0) is 5.41 Å². The molecule has 0 atom stereocenters. The molecule has 0 unspecified atom stereocenters. The minimum atomic E-state index is -0.391. The Hall–Kier alpha value is -8.15. The highest BCUT2D eigenvalue weighted by atomic mass is 15.0. The molecule has 0 spiro atoms. The van der Waals surface area contributed by atoms with Crippen LogP contribution in [0.5, 0.6) is 0 Å². The van der Waals surface area contributed by atoms with Crippen molar-refractivity contribution in [3.63, 3.8) is 0 Å². The molecule has 1 aliphatic rings. The molecule has 0 saturated carbocycles. The summed E-state index contributed by atoms with van der Waals surface area (Å²) in [4.78, 5) is 16.6. The van der Waals surface area contributed by atoms with E-state index in [1.54, 1.807) is 0 Å². The molecule has 0 aliphatic heterocycles. The molecule has 63 heavy (non-hydrogen) atoms. The minimum absolute atomic E-state index is 0.391. The van der Waals surface area contributed by atoms with Gasteiger partial charge in [-0.05, 0) is 82.1 Å². The lowest BCUT2D eigenvalue weighted by atomic mass is 9.84. The Bertz CT molecular complexity index is 3820. The number of aromatic nitrogens is 5. The van der Waals surface area contributed by atoms with Gasteiger partial charge in [0.05, 0.1) is 56.7 Å². The summed E-state index contributed by atoms with van der Waals surface area (Å²) < 4.78 is 4.72. The van der Waals surface area contributed by atoms with Gasteiger partial charge in [0.2, 0.25) is 0 Å². The zero-order chi connectivity index (χ0) is 41.8. The van der Waals surface area contributed by atoms with Crippen molar-refractivity contribution in [3.8, 4) is 56.3 Å². The standard InChI is InChI=1S/C58H39N5/c1-58(2)48-29-28-39(36-16-5-3-6-17-36)32-47(48)56-57(58)61-55(45-24-15-27-51-53(45)44-23-12-14-26-50(44)62(51)41-20-7-4-8-21-41)54(60-56)40-30-42(35-59-34-40)63-49-25-13-11-22-43(49)46-31-37-18-9-10-19-38(37)33-52(46)63/h3-35H,1-2H3. The maximum atomic E-state index is 5.83. The van der Waals surface area contributed by atoms with Gasteiger partial charge in [-0.2, -0.15) is 0 Å². The molecule has 0 N–H and O–H groups in total. The lowest BCUT2D eigenvalue weighted by Crippen LogP contribution is -2.17. The number of hydrogen-bond donors (Lipinski definition) is 0. The Morgan fingerprint density at radius 3 is 1.87 bits per heavy atom. The summed E-state index contributed by atoms with van der Waals surface area (Å²) in [5.74, 6) is 0. The number of rotatable bonds is 5. The quantitative estimate of drug-likeness (QED) is 0.174. The molecule has 1 aliphatic carbocycles. The first kappa shape index (κ1) is 35.6. The second-order valence-corrected chi connectivity index (χ2v) is 17.3. The predicted molar refractivity (Wildman–Crippen MR) is 260 cm³/mol. The molecule has 0 fully saturated rings. The third-order valence-corrected chi connectivity index (χ3v) is 13.3. The van der Waals surface area contributed by atoms with E-state index in [1.807, 2.05) is 12.4 Å². The smallest absolute Gasteiger partial charge is 0.0989 e. The Balaban J connectivity index is 1.10. The summed E-state index contributed by atoms with van der Waals surface area (Å²) in [5, 5.41) is 7.15. The van der Waals surface area contributed by atoms with E-state index in [4.69, 9.17) is 15.0 Å². The number of para-hydroxylation sites is 3. The fourth-order valence-corrected chi connectivity index (χ4v) is 10.4. The van der Waals surface area contributed by atoms with Gasteiger partial charge >= 0.3 is 0 Å². The Morgan fingerprint density at radius 1 is 0.397 bits per heavy atom. The zero-order valence-corrected chi connectivity index (χ0v) is 34.8.